The van der Waals surface area contributed by atoms with Crippen LogP contribution in [0.1, 0.15) is 25.3 Å². The summed E-state index contributed by atoms with van der Waals surface area (Å²) in [6, 6.07) is 0.777. The fourth-order valence-electron chi connectivity index (χ4n) is 2.18. The molecule has 0 bridgehead atoms. The topological polar surface area (TPSA) is 87.6 Å². The zero-order valence-corrected chi connectivity index (χ0v) is 16.2. The molecule has 0 unspecified atom stereocenters. The summed E-state index contributed by atoms with van der Waals surface area (Å²) >= 11 is 5.78. The lowest BCUT2D eigenvalue weighted by molar-refractivity contribution is -0.137. The number of rotatable bonds is 9. The number of carbonyl (C=O) groups excluding carboxylic acids is 1. The van der Waals surface area contributed by atoms with Crippen LogP contribution in [0, 0.1) is 5.92 Å². The lowest BCUT2D eigenvalue weighted by Crippen LogP contribution is -2.40. The fraction of sp³-hybridized carbons (Fsp3) is 0.588. The minimum Gasteiger partial charge on any atom is -0.475 e. The highest BCUT2D eigenvalue weighted by Gasteiger charge is 2.31. The molecule has 1 heterocycles. The predicted octanol–water partition coefficient (Wildman–Crippen LogP) is 2.21. The maximum atomic E-state index is 12.6. The van der Waals surface area contributed by atoms with Crippen LogP contribution in [0.15, 0.2) is 17.3 Å². The third-order valence-electron chi connectivity index (χ3n) is 3.74. The van der Waals surface area contributed by atoms with E-state index in [0.29, 0.717) is 38.3 Å². The number of nitrogens with zero attached hydrogens (tertiary/aromatic N) is 2. The number of halogens is 4. The summed E-state index contributed by atoms with van der Waals surface area (Å²) in [4.78, 5) is 19.5. The van der Waals surface area contributed by atoms with Gasteiger partial charge in [-0.1, -0.05) is 11.6 Å². The van der Waals surface area contributed by atoms with E-state index in [9.17, 15) is 18.0 Å². The largest absolute Gasteiger partial charge is 0.475 e. The maximum Gasteiger partial charge on any atom is 0.417 e. The lowest BCUT2D eigenvalue weighted by atomic mass is 10.3. The molecule has 1 aliphatic rings. The van der Waals surface area contributed by atoms with Crippen molar-refractivity contribution >= 4 is 23.5 Å². The van der Waals surface area contributed by atoms with Crippen molar-refractivity contribution in [2.75, 3.05) is 32.8 Å². The molecule has 1 aromatic rings. The molecule has 1 aliphatic carbocycles. The van der Waals surface area contributed by atoms with E-state index in [0.717, 1.165) is 18.9 Å². The third-order valence-corrected chi connectivity index (χ3v) is 4.01. The first-order chi connectivity index (χ1) is 13.3. The summed E-state index contributed by atoms with van der Waals surface area (Å²) in [7, 11) is 0. The van der Waals surface area contributed by atoms with Crippen molar-refractivity contribution in [2.45, 2.75) is 25.9 Å². The molecule has 0 spiro atoms. The molecule has 1 amide bonds. The van der Waals surface area contributed by atoms with Gasteiger partial charge in [0, 0.05) is 25.2 Å². The van der Waals surface area contributed by atoms with Crippen LogP contribution in [0.2, 0.25) is 5.02 Å². The molecule has 156 valence electrons. The van der Waals surface area contributed by atoms with E-state index in [-0.39, 0.29) is 29.3 Å². The van der Waals surface area contributed by atoms with E-state index >= 15 is 0 Å². The molecule has 0 atom stereocenters. The number of aliphatic imine (C=N–C) groups is 1. The van der Waals surface area contributed by atoms with Gasteiger partial charge in [0.1, 0.15) is 11.6 Å². The zero-order chi connectivity index (χ0) is 20.6. The van der Waals surface area contributed by atoms with Crippen LogP contribution in [-0.2, 0) is 11.0 Å². The highest BCUT2D eigenvalue weighted by atomic mass is 35.5. The normalized spacial score (nSPS) is 14.5. The van der Waals surface area contributed by atoms with Gasteiger partial charge in [0.25, 0.3) is 0 Å². The first-order valence-corrected chi connectivity index (χ1v) is 9.34. The van der Waals surface area contributed by atoms with Gasteiger partial charge >= 0.3 is 6.18 Å². The van der Waals surface area contributed by atoms with Crippen molar-refractivity contribution < 1.29 is 22.7 Å². The molecule has 1 saturated carbocycles. The second-order valence-corrected chi connectivity index (χ2v) is 6.52. The summed E-state index contributed by atoms with van der Waals surface area (Å²) in [6.45, 7) is 3.89. The lowest BCUT2D eigenvalue weighted by Gasteiger charge is -2.13. The van der Waals surface area contributed by atoms with Crippen molar-refractivity contribution in [3.05, 3.63) is 22.8 Å². The Hall–Kier alpha value is -2.23. The van der Waals surface area contributed by atoms with Crippen molar-refractivity contribution in [3.63, 3.8) is 0 Å². The number of pyridine rings is 1. The number of aromatic nitrogens is 1. The Morgan fingerprint density at radius 2 is 2.07 bits per heavy atom. The molecular formula is C17H23ClF3N5O2. The van der Waals surface area contributed by atoms with Gasteiger partial charge in [-0.2, -0.15) is 13.2 Å². The van der Waals surface area contributed by atoms with Crippen LogP contribution in [0.4, 0.5) is 13.2 Å². The number of carbonyl (C=O) groups is 1. The Morgan fingerprint density at radius 1 is 1.32 bits per heavy atom. The second kappa shape index (κ2) is 10.4. The number of amides is 1. The van der Waals surface area contributed by atoms with Crippen molar-refractivity contribution in [1.82, 2.24) is 20.9 Å². The van der Waals surface area contributed by atoms with E-state index in [1.54, 1.807) is 0 Å². The Kier molecular flexibility index (Phi) is 8.16. The van der Waals surface area contributed by atoms with Gasteiger partial charge in [0.2, 0.25) is 11.8 Å². The fourth-order valence-corrected chi connectivity index (χ4v) is 2.40. The average Bonchev–Trinajstić information content (AvgIpc) is 3.47. The number of alkyl halides is 3. The molecule has 0 radical (unpaired) electrons. The quantitative estimate of drug-likeness (QED) is 0.323. The van der Waals surface area contributed by atoms with E-state index in [2.05, 4.69) is 25.9 Å². The predicted molar refractivity (Wildman–Crippen MR) is 99.5 cm³/mol. The number of hydrogen-bond donors (Lipinski definition) is 3. The summed E-state index contributed by atoms with van der Waals surface area (Å²) in [5, 5.41) is 8.68. The van der Waals surface area contributed by atoms with E-state index in [1.165, 1.54) is 0 Å². The van der Waals surface area contributed by atoms with Crippen LogP contribution < -0.4 is 20.7 Å². The van der Waals surface area contributed by atoms with Crippen molar-refractivity contribution in [1.29, 1.82) is 0 Å². The number of guanidine groups is 1. The first-order valence-electron chi connectivity index (χ1n) is 8.96. The molecule has 1 aromatic heterocycles. The molecule has 11 heteroatoms. The van der Waals surface area contributed by atoms with Crippen LogP contribution in [0.3, 0.4) is 0 Å². The van der Waals surface area contributed by atoms with Crippen LogP contribution in [0.5, 0.6) is 5.88 Å². The van der Waals surface area contributed by atoms with Crippen LogP contribution >= 0.6 is 11.6 Å². The van der Waals surface area contributed by atoms with Gasteiger partial charge in [-0.3, -0.25) is 9.79 Å². The minimum atomic E-state index is -4.51. The molecule has 1 fully saturated rings. The Bertz CT molecular complexity index is 696. The highest BCUT2D eigenvalue weighted by Crippen LogP contribution is 2.33. The van der Waals surface area contributed by atoms with Gasteiger partial charge in [-0.05, 0) is 25.8 Å². The third kappa shape index (κ3) is 7.41. The van der Waals surface area contributed by atoms with E-state index in [4.69, 9.17) is 16.3 Å². The van der Waals surface area contributed by atoms with Gasteiger partial charge in [-0.15, -0.1) is 0 Å². The van der Waals surface area contributed by atoms with Gasteiger partial charge in [0.15, 0.2) is 5.96 Å². The van der Waals surface area contributed by atoms with E-state index in [1.807, 2.05) is 6.92 Å². The SMILES string of the molecule is CCNC(=NCCNC(=O)C1CC1)NCCOc1ncc(C(F)(F)F)cc1Cl. The number of nitrogens with one attached hydrogen (secondary N) is 3. The Balaban J connectivity index is 1.72. The van der Waals surface area contributed by atoms with Crippen LogP contribution in [0.25, 0.3) is 0 Å². The summed E-state index contributed by atoms with van der Waals surface area (Å²) in [6.07, 6.45) is -1.92. The molecule has 2 rings (SSSR count). The molecule has 7 nitrogen and oxygen atoms in total. The van der Waals surface area contributed by atoms with Crippen molar-refractivity contribution in [3.8, 4) is 5.88 Å². The molecule has 0 aliphatic heterocycles. The molecule has 0 aromatic carbocycles. The van der Waals surface area contributed by atoms with Gasteiger partial charge in [0.05, 0.1) is 18.7 Å². The second-order valence-electron chi connectivity index (χ2n) is 6.11. The van der Waals surface area contributed by atoms with Gasteiger partial charge in [-0.25, -0.2) is 4.98 Å². The summed E-state index contributed by atoms with van der Waals surface area (Å²) < 4.78 is 43.1. The summed E-state index contributed by atoms with van der Waals surface area (Å²) in [5.74, 6) is 0.708. The van der Waals surface area contributed by atoms with E-state index < -0.39 is 11.7 Å². The van der Waals surface area contributed by atoms with Crippen molar-refractivity contribution in [2.24, 2.45) is 10.9 Å². The zero-order valence-electron chi connectivity index (χ0n) is 15.4. The minimum absolute atomic E-state index is 0.0683. The smallest absolute Gasteiger partial charge is 0.417 e. The molecule has 3 N–H and O–H groups in total. The number of ether oxygens (including phenoxy) is 1. The Labute approximate surface area is 166 Å². The summed E-state index contributed by atoms with van der Waals surface area (Å²) in [5.41, 5.74) is -0.932. The maximum absolute atomic E-state index is 12.6. The number of hydrogen-bond acceptors (Lipinski definition) is 4. The monoisotopic (exact) mass is 421 g/mol. The highest BCUT2D eigenvalue weighted by molar-refractivity contribution is 6.31. The molecule has 28 heavy (non-hydrogen) atoms. The van der Waals surface area contributed by atoms with Crippen LogP contribution in [-0.4, -0.2) is 49.6 Å². The first kappa shape index (κ1) is 22.1. The standard InChI is InChI=1S/C17H23ClF3N5O2/c1-2-22-16(24-6-5-23-14(27)11-3-4-11)25-7-8-28-15-13(18)9-12(10-26-15)17(19,20)21/h9-11H,2-8H2,1H3,(H,23,27)(H2,22,24,25). The Morgan fingerprint density at radius 3 is 2.68 bits per heavy atom. The molecular weight excluding hydrogens is 399 g/mol. The average molecular weight is 422 g/mol. The van der Waals surface area contributed by atoms with Gasteiger partial charge < -0.3 is 20.7 Å². The molecule has 0 saturated heterocycles.